The Balaban J connectivity index is 1.37. The van der Waals surface area contributed by atoms with Crippen LogP contribution in [0.5, 0.6) is 5.75 Å². The third-order valence-electron chi connectivity index (χ3n) is 6.51. The molecule has 3 aliphatic heterocycles. The molecule has 0 saturated carbocycles. The van der Waals surface area contributed by atoms with Gasteiger partial charge in [0, 0.05) is 6.54 Å². The lowest BCUT2D eigenvalue weighted by molar-refractivity contribution is -0.138. The Morgan fingerprint density at radius 3 is 2.61 bits per heavy atom. The van der Waals surface area contributed by atoms with Gasteiger partial charge in [-0.1, -0.05) is 18.2 Å². The van der Waals surface area contributed by atoms with E-state index in [-0.39, 0.29) is 24.1 Å². The van der Waals surface area contributed by atoms with Crippen LogP contribution in [0, 0.1) is 0 Å². The fourth-order valence-electron chi connectivity index (χ4n) is 5.06. The van der Waals surface area contributed by atoms with Crippen molar-refractivity contribution in [2.75, 3.05) is 18.6 Å². The Morgan fingerprint density at radius 1 is 1.12 bits per heavy atom. The fraction of sp³-hybridized carbons (Fsp3) is 0.348. The quantitative estimate of drug-likeness (QED) is 0.659. The predicted octanol–water partition coefficient (Wildman–Crippen LogP) is 3.08. The van der Waals surface area contributed by atoms with Gasteiger partial charge in [-0.05, 0) is 42.3 Å². The van der Waals surface area contributed by atoms with Crippen LogP contribution < -0.4 is 9.64 Å². The number of anilines is 1. The Morgan fingerprint density at radius 2 is 1.88 bits per heavy atom. The number of methoxy groups -OCH3 is 1. The first kappa shape index (κ1) is 21.3. The average molecular weight is 459 g/mol. The highest BCUT2D eigenvalue weighted by atomic mass is 19.4. The monoisotopic (exact) mass is 459 g/mol. The summed E-state index contributed by atoms with van der Waals surface area (Å²) in [5, 5.41) is 0. The van der Waals surface area contributed by atoms with E-state index in [1.54, 1.807) is 29.2 Å². The molecule has 2 aromatic carbocycles. The van der Waals surface area contributed by atoms with Crippen LogP contribution in [0.15, 0.2) is 48.5 Å². The number of benzene rings is 2. The van der Waals surface area contributed by atoms with Crippen LogP contribution in [0.2, 0.25) is 0 Å². The first-order valence-electron chi connectivity index (χ1n) is 10.4. The zero-order valence-corrected chi connectivity index (χ0v) is 17.6. The summed E-state index contributed by atoms with van der Waals surface area (Å²) in [5.74, 6) is -0.151. The topological polar surface area (TPSA) is 70.2 Å². The summed E-state index contributed by atoms with van der Waals surface area (Å²) in [6.45, 7) is 0.291. The van der Waals surface area contributed by atoms with Gasteiger partial charge in [0.1, 0.15) is 11.8 Å². The second kappa shape index (κ2) is 7.50. The van der Waals surface area contributed by atoms with Gasteiger partial charge in [-0.25, -0.2) is 9.69 Å². The molecule has 7 nitrogen and oxygen atoms in total. The summed E-state index contributed by atoms with van der Waals surface area (Å²) >= 11 is 0. The lowest BCUT2D eigenvalue weighted by Crippen LogP contribution is -2.55. The lowest BCUT2D eigenvalue weighted by atomic mass is 10.1. The van der Waals surface area contributed by atoms with E-state index in [0.29, 0.717) is 18.7 Å². The molecule has 172 valence electrons. The van der Waals surface area contributed by atoms with Crippen LogP contribution in [0.4, 0.5) is 23.7 Å². The number of hydrogen-bond acceptors (Lipinski definition) is 4. The molecule has 3 saturated heterocycles. The molecule has 0 aromatic heterocycles. The predicted molar refractivity (Wildman–Crippen MR) is 111 cm³/mol. The molecule has 2 bridgehead atoms. The number of carbonyl (C=O) groups excluding carboxylic acids is 3. The van der Waals surface area contributed by atoms with E-state index in [1.165, 1.54) is 24.1 Å². The van der Waals surface area contributed by atoms with Gasteiger partial charge in [0.15, 0.2) is 0 Å². The number of fused-ring (bicyclic) bond motifs is 5. The van der Waals surface area contributed by atoms with Gasteiger partial charge >= 0.3 is 12.2 Å². The molecule has 3 atom stereocenters. The van der Waals surface area contributed by atoms with Gasteiger partial charge in [-0.3, -0.25) is 9.59 Å². The second-order valence-electron chi connectivity index (χ2n) is 8.39. The maximum absolute atomic E-state index is 13.2. The minimum absolute atomic E-state index is 0.118. The summed E-state index contributed by atoms with van der Waals surface area (Å²) < 4.78 is 44.6. The molecule has 0 spiro atoms. The summed E-state index contributed by atoms with van der Waals surface area (Å²) in [6, 6.07) is 8.91. The number of hydrogen-bond donors (Lipinski definition) is 0. The molecule has 3 heterocycles. The van der Waals surface area contributed by atoms with E-state index in [1.807, 2.05) is 0 Å². The van der Waals surface area contributed by atoms with Crippen molar-refractivity contribution in [3.05, 3.63) is 59.7 Å². The van der Waals surface area contributed by atoms with Crippen LogP contribution in [0.3, 0.4) is 0 Å². The molecule has 0 aliphatic carbocycles. The van der Waals surface area contributed by atoms with E-state index in [4.69, 9.17) is 4.74 Å². The molecular weight excluding hydrogens is 439 g/mol. The highest BCUT2D eigenvalue weighted by Crippen LogP contribution is 2.43. The van der Waals surface area contributed by atoms with E-state index in [0.717, 1.165) is 22.6 Å². The molecule has 33 heavy (non-hydrogen) atoms. The SMILES string of the molecule is COc1cccc(CC(=O)N2CC3CC2[C@@H]2C(=O)N(c4cccc(C(F)(F)F)c4)C(=O)N32)c1. The first-order valence-corrected chi connectivity index (χ1v) is 10.4. The molecule has 4 amide bonds. The van der Waals surface area contributed by atoms with E-state index in [9.17, 15) is 27.6 Å². The third kappa shape index (κ3) is 3.40. The number of ether oxygens (including phenoxy) is 1. The van der Waals surface area contributed by atoms with Gasteiger partial charge in [0.2, 0.25) is 5.91 Å². The molecule has 0 N–H and O–H groups in total. The average Bonchev–Trinajstić information content (AvgIpc) is 3.45. The number of rotatable bonds is 4. The van der Waals surface area contributed by atoms with Crippen molar-refractivity contribution in [2.45, 2.75) is 37.1 Å². The standard InChI is InChI=1S/C23H20F3N3O4/c1-33-17-7-2-4-13(8-17)9-19(30)27-12-16-11-18(27)20-21(31)29(22(32)28(16)20)15-6-3-5-14(10-15)23(24,25)26/h2-8,10,16,18,20H,9,11-12H2,1H3/t16?,18?,20-/m1/s1. The van der Waals surface area contributed by atoms with Crippen LogP contribution in [-0.2, 0) is 22.2 Å². The Kier molecular flexibility index (Phi) is 4.84. The number of halogens is 3. The van der Waals surface area contributed by atoms with E-state index >= 15 is 0 Å². The molecule has 2 unspecified atom stereocenters. The second-order valence-corrected chi connectivity index (χ2v) is 8.39. The summed E-state index contributed by atoms with van der Waals surface area (Å²) in [5.41, 5.74) is -0.299. The molecule has 3 fully saturated rings. The van der Waals surface area contributed by atoms with Crippen LogP contribution in [-0.4, -0.2) is 59.4 Å². The molecule has 2 aromatic rings. The van der Waals surface area contributed by atoms with Crippen LogP contribution >= 0.6 is 0 Å². The van der Waals surface area contributed by atoms with Crippen molar-refractivity contribution >= 4 is 23.5 Å². The molecule has 0 radical (unpaired) electrons. The number of piperazine rings is 1. The number of urea groups is 1. The van der Waals surface area contributed by atoms with Crippen molar-refractivity contribution in [1.82, 2.24) is 9.80 Å². The maximum Gasteiger partial charge on any atom is 0.416 e. The van der Waals surface area contributed by atoms with Gasteiger partial charge in [0.05, 0.1) is 36.9 Å². The zero-order valence-electron chi connectivity index (χ0n) is 17.6. The zero-order chi connectivity index (χ0) is 23.5. The van der Waals surface area contributed by atoms with Crippen LogP contribution in [0.1, 0.15) is 17.5 Å². The van der Waals surface area contributed by atoms with E-state index in [2.05, 4.69) is 0 Å². The van der Waals surface area contributed by atoms with Gasteiger partial charge in [0.25, 0.3) is 5.91 Å². The maximum atomic E-state index is 13.2. The van der Waals surface area contributed by atoms with Gasteiger partial charge < -0.3 is 14.5 Å². The third-order valence-corrected chi connectivity index (χ3v) is 6.51. The van der Waals surface area contributed by atoms with Gasteiger partial charge in [-0.15, -0.1) is 0 Å². The molecule has 3 aliphatic rings. The Labute approximate surface area is 187 Å². The lowest BCUT2D eigenvalue weighted by Gasteiger charge is -2.35. The number of nitrogens with zero attached hydrogens (tertiary/aromatic N) is 3. The number of amides is 4. The number of likely N-dealkylation sites (tertiary alicyclic amines) is 1. The minimum Gasteiger partial charge on any atom is -0.497 e. The van der Waals surface area contributed by atoms with Crippen molar-refractivity contribution in [3.63, 3.8) is 0 Å². The molecule has 10 heteroatoms. The van der Waals surface area contributed by atoms with Crippen molar-refractivity contribution < 1.29 is 32.3 Å². The van der Waals surface area contributed by atoms with Gasteiger partial charge in [-0.2, -0.15) is 13.2 Å². The molecule has 5 rings (SSSR count). The fourth-order valence-corrected chi connectivity index (χ4v) is 5.06. The first-order chi connectivity index (χ1) is 15.7. The normalized spacial score (nSPS) is 24.0. The summed E-state index contributed by atoms with van der Waals surface area (Å²) in [6.07, 6.45) is -4.00. The van der Waals surface area contributed by atoms with E-state index < -0.39 is 35.8 Å². The number of imide groups is 1. The van der Waals surface area contributed by atoms with Crippen molar-refractivity contribution in [2.24, 2.45) is 0 Å². The molecular formula is C23H20F3N3O4. The largest absolute Gasteiger partial charge is 0.497 e. The number of alkyl halides is 3. The summed E-state index contributed by atoms with van der Waals surface area (Å²) in [7, 11) is 1.54. The minimum atomic E-state index is -4.60. The van der Waals surface area contributed by atoms with Crippen molar-refractivity contribution in [3.8, 4) is 5.75 Å². The smallest absolute Gasteiger partial charge is 0.416 e. The Hall–Kier alpha value is -3.56. The van der Waals surface area contributed by atoms with Crippen LogP contribution in [0.25, 0.3) is 0 Å². The Bertz CT molecular complexity index is 1150. The highest BCUT2D eigenvalue weighted by molar-refractivity contribution is 6.22. The summed E-state index contributed by atoms with van der Waals surface area (Å²) in [4.78, 5) is 43.1. The highest BCUT2D eigenvalue weighted by Gasteiger charge is 2.62. The van der Waals surface area contributed by atoms with Crippen molar-refractivity contribution in [1.29, 1.82) is 0 Å². The number of carbonyl (C=O) groups is 3.